The Morgan fingerprint density at radius 1 is 1.33 bits per heavy atom. The van der Waals surface area contributed by atoms with Crippen molar-refractivity contribution in [3.8, 4) is 0 Å². The lowest BCUT2D eigenvalue weighted by Crippen LogP contribution is -2.43. The average Bonchev–Trinajstić information content (AvgIpc) is 2.30. The van der Waals surface area contributed by atoms with Gasteiger partial charge in [0.1, 0.15) is 0 Å². The summed E-state index contributed by atoms with van der Waals surface area (Å²) in [7, 11) is 0. The van der Waals surface area contributed by atoms with E-state index in [-0.39, 0.29) is 0 Å². The minimum atomic E-state index is 0.318. The van der Waals surface area contributed by atoms with Crippen LogP contribution in [0.5, 0.6) is 0 Å². The molecule has 2 atom stereocenters. The summed E-state index contributed by atoms with van der Waals surface area (Å²) < 4.78 is 0. The van der Waals surface area contributed by atoms with Crippen LogP contribution in [-0.4, -0.2) is 19.1 Å². The molecule has 0 saturated carbocycles. The van der Waals surface area contributed by atoms with Crippen molar-refractivity contribution in [1.29, 1.82) is 0 Å². The summed E-state index contributed by atoms with van der Waals surface area (Å²) in [5.74, 6) is 0.490. The smallest absolute Gasteiger partial charge is 0.0132 e. The molecule has 1 aliphatic heterocycles. The molecule has 3 N–H and O–H groups in total. The normalized spacial score (nSPS) is 26.5. The van der Waals surface area contributed by atoms with E-state index in [1.54, 1.807) is 0 Å². The van der Waals surface area contributed by atoms with Crippen LogP contribution in [0, 0.1) is 0 Å². The van der Waals surface area contributed by atoms with Gasteiger partial charge in [0.25, 0.3) is 0 Å². The second-order valence-corrected chi connectivity index (χ2v) is 4.36. The van der Waals surface area contributed by atoms with Gasteiger partial charge >= 0.3 is 0 Å². The van der Waals surface area contributed by atoms with Gasteiger partial charge in [0, 0.05) is 18.5 Å². The van der Waals surface area contributed by atoms with E-state index in [1.807, 2.05) is 0 Å². The fraction of sp³-hybridized carbons (Fsp3) is 0.538. The molecule has 2 unspecified atom stereocenters. The third-order valence-corrected chi connectivity index (χ3v) is 3.35. The van der Waals surface area contributed by atoms with Gasteiger partial charge in [-0.2, -0.15) is 0 Å². The summed E-state index contributed by atoms with van der Waals surface area (Å²) in [5.41, 5.74) is 8.92. The largest absolute Gasteiger partial charge is 0.327 e. The van der Waals surface area contributed by atoms with Crippen molar-refractivity contribution in [2.24, 2.45) is 5.73 Å². The average molecular weight is 204 g/mol. The second-order valence-electron chi connectivity index (χ2n) is 4.36. The van der Waals surface area contributed by atoms with Crippen LogP contribution in [-0.2, 0) is 6.42 Å². The molecule has 15 heavy (non-hydrogen) atoms. The Morgan fingerprint density at radius 2 is 2.07 bits per heavy atom. The van der Waals surface area contributed by atoms with E-state index in [0.29, 0.717) is 12.0 Å². The third kappa shape index (κ3) is 2.39. The van der Waals surface area contributed by atoms with E-state index in [2.05, 4.69) is 36.5 Å². The van der Waals surface area contributed by atoms with Gasteiger partial charge in [-0.25, -0.2) is 0 Å². The number of hydrogen-bond acceptors (Lipinski definition) is 2. The molecule has 2 heteroatoms. The summed E-state index contributed by atoms with van der Waals surface area (Å²) in [6.45, 7) is 4.26. The number of piperidine rings is 1. The van der Waals surface area contributed by atoms with Crippen molar-refractivity contribution in [2.45, 2.75) is 31.7 Å². The summed E-state index contributed by atoms with van der Waals surface area (Å²) in [5, 5.41) is 3.41. The Bertz CT molecular complexity index is 305. The van der Waals surface area contributed by atoms with Gasteiger partial charge in [-0.3, -0.25) is 0 Å². The first-order chi connectivity index (χ1) is 7.31. The highest BCUT2D eigenvalue weighted by Gasteiger charge is 2.22. The predicted molar refractivity (Wildman–Crippen MR) is 64.0 cm³/mol. The maximum atomic E-state index is 6.14. The highest BCUT2D eigenvalue weighted by Crippen LogP contribution is 2.22. The van der Waals surface area contributed by atoms with Crippen LogP contribution in [0.1, 0.15) is 30.4 Å². The highest BCUT2D eigenvalue weighted by atomic mass is 14.9. The molecule has 2 rings (SSSR count). The van der Waals surface area contributed by atoms with Crippen molar-refractivity contribution in [1.82, 2.24) is 5.32 Å². The molecule has 0 spiro atoms. The van der Waals surface area contributed by atoms with E-state index in [4.69, 9.17) is 5.73 Å². The summed E-state index contributed by atoms with van der Waals surface area (Å²) >= 11 is 0. The van der Waals surface area contributed by atoms with Crippen LogP contribution in [0.4, 0.5) is 0 Å². The Balaban J connectivity index is 2.13. The minimum Gasteiger partial charge on any atom is -0.327 e. The van der Waals surface area contributed by atoms with Gasteiger partial charge in [-0.1, -0.05) is 31.2 Å². The monoisotopic (exact) mass is 204 g/mol. The van der Waals surface area contributed by atoms with Crippen LogP contribution in [0.3, 0.4) is 0 Å². The molecular formula is C13H20N2. The Morgan fingerprint density at radius 3 is 2.67 bits per heavy atom. The fourth-order valence-electron chi connectivity index (χ4n) is 2.24. The Labute approximate surface area is 91.9 Å². The predicted octanol–water partition coefficient (Wildman–Crippen LogP) is 1.65. The Hall–Kier alpha value is -0.860. The van der Waals surface area contributed by atoms with Crippen LogP contribution in [0.15, 0.2) is 24.3 Å². The van der Waals surface area contributed by atoms with Gasteiger partial charge in [0.15, 0.2) is 0 Å². The summed E-state index contributed by atoms with van der Waals surface area (Å²) in [6, 6.07) is 9.22. The quantitative estimate of drug-likeness (QED) is 0.769. The lowest BCUT2D eigenvalue weighted by Gasteiger charge is -2.29. The highest BCUT2D eigenvalue weighted by molar-refractivity contribution is 5.27. The van der Waals surface area contributed by atoms with E-state index >= 15 is 0 Å². The van der Waals surface area contributed by atoms with Gasteiger partial charge in [-0.15, -0.1) is 0 Å². The first-order valence-corrected chi connectivity index (χ1v) is 5.86. The molecule has 0 aromatic heterocycles. The lowest BCUT2D eigenvalue weighted by molar-refractivity contribution is 0.403. The molecule has 1 aromatic rings. The summed E-state index contributed by atoms with van der Waals surface area (Å²) in [4.78, 5) is 0. The van der Waals surface area contributed by atoms with Crippen molar-refractivity contribution in [3.63, 3.8) is 0 Å². The van der Waals surface area contributed by atoms with Crippen LogP contribution in [0.25, 0.3) is 0 Å². The molecule has 2 nitrogen and oxygen atoms in total. The standard InChI is InChI=1S/C13H20N2/c1-2-10-3-5-11(6-4-10)12-9-15-8-7-13(12)14/h3-6,12-13,15H,2,7-9,14H2,1H3. The van der Waals surface area contributed by atoms with E-state index < -0.39 is 0 Å². The fourth-order valence-corrected chi connectivity index (χ4v) is 2.24. The first kappa shape index (κ1) is 10.7. The molecule has 1 heterocycles. The maximum absolute atomic E-state index is 6.14. The zero-order chi connectivity index (χ0) is 10.7. The van der Waals surface area contributed by atoms with Gasteiger partial charge in [0.2, 0.25) is 0 Å². The minimum absolute atomic E-state index is 0.318. The third-order valence-electron chi connectivity index (χ3n) is 3.35. The number of aryl methyl sites for hydroxylation is 1. The zero-order valence-electron chi connectivity index (χ0n) is 9.37. The molecule has 0 aliphatic carbocycles. The molecule has 1 saturated heterocycles. The topological polar surface area (TPSA) is 38.0 Å². The van der Waals surface area contributed by atoms with Crippen molar-refractivity contribution in [3.05, 3.63) is 35.4 Å². The number of rotatable bonds is 2. The number of benzene rings is 1. The molecule has 82 valence electrons. The van der Waals surface area contributed by atoms with E-state index in [1.165, 1.54) is 11.1 Å². The summed E-state index contributed by atoms with van der Waals surface area (Å²) in [6.07, 6.45) is 2.19. The van der Waals surface area contributed by atoms with Crippen molar-refractivity contribution in [2.75, 3.05) is 13.1 Å². The first-order valence-electron chi connectivity index (χ1n) is 5.86. The second kappa shape index (κ2) is 4.77. The van der Waals surface area contributed by atoms with Gasteiger partial charge in [0.05, 0.1) is 0 Å². The lowest BCUT2D eigenvalue weighted by atomic mass is 9.87. The zero-order valence-corrected chi connectivity index (χ0v) is 9.37. The molecule has 0 amide bonds. The van der Waals surface area contributed by atoms with Crippen molar-refractivity contribution >= 4 is 0 Å². The van der Waals surface area contributed by atoms with E-state index in [9.17, 15) is 0 Å². The molecular weight excluding hydrogens is 184 g/mol. The SMILES string of the molecule is CCc1ccc(C2CNCCC2N)cc1. The van der Waals surface area contributed by atoms with Crippen LogP contribution in [0.2, 0.25) is 0 Å². The number of hydrogen-bond donors (Lipinski definition) is 2. The van der Waals surface area contributed by atoms with E-state index in [0.717, 1.165) is 25.9 Å². The van der Waals surface area contributed by atoms with Crippen LogP contribution >= 0.6 is 0 Å². The van der Waals surface area contributed by atoms with Crippen LogP contribution < -0.4 is 11.1 Å². The number of nitrogens with two attached hydrogens (primary N) is 1. The number of nitrogens with one attached hydrogen (secondary N) is 1. The Kier molecular flexibility index (Phi) is 3.39. The maximum Gasteiger partial charge on any atom is 0.0132 e. The molecule has 1 aromatic carbocycles. The molecule has 0 bridgehead atoms. The van der Waals surface area contributed by atoms with Crippen molar-refractivity contribution < 1.29 is 0 Å². The molecule has 0 radical (unpaired) electrons. The van der Waals surface area contributed by atoms with Gasteiger partial charge in [-0.05, 0) is 30.5 Å². The van der Waals surface area contributed by atoms with Gasteiger partial charge < -0.3 is 11.1 Å². The molecule has 1 aliphatic rings. The molecule has 1 fully saturated rings.